The average molecular weight is 305 g/mol. The van der Waals surface area contributed by atoms with Gasteiger partial charge in [-0.25, -0.2) is 0 Å². The summed E-state index contributed by atoms with van der Waals surface area (Å²) in [5.74, 6) is 0.131. The molecule has 1 atom stereocenters. The summed E-state index contributed by atoms with van der Waals surface area (Å²) < 4.78 is 0. The first-order chi connectivity index (χ1) is 10.1. The van der Waals surface area contributed by atoms with Crippen molar-refractivity contribution >= 4 is 28.4 Å². The van der Waals surface area contributed by atoms with Gasteiger partial charge in [0.05, 0.1) is 0 Å². The van der Waals surface area contributed by atoms with Crippen LogP contribution in [0.2, 0.25) is 5.02 Å². The third-order valence-electron chi connectivity index (χ3n) is 4.59. The van der Waals surface area contributed by atoms with Crippen LogP contribution in [0.25, 0.3) is 10.9 Å². The zero-order chi connectivity index (χ0) is 15.0. The van der Waals surface area contributed by atoms with Crippen molar-refractivity contribution in [1.29, 1.82) is 0 Å². The van der Waals surface area contributed by atoms with Gasteiger partial charge in [-0.2, -0.15) is 0 Å². The quantitative estimate of drug-likeness (QED) is 0.869. The number of hydrogen-bond donors (Lipinski definition) is 1. The largest absolute Gasteiger partial charge is 0.350 e. The first-order valence-electron chi connectivity index (χ1n) is 7.70. The molecule has 0 aliphatic carbocycles. The van der Waals surface area contributed by atoms with Crippen LogP contribution in [-0.4, -0.2) is 28.4 Å². The molecule has 1 amide bonds. The van der Waals surface area contributed by atoms with Gasteiger partial charge in [-0.3, -0.25) is 4.79 Å². The van der Waals surface area contributed by atoms with Crippen molar-refractivity contribution in [3.8, 4) is 0 Å². The Hall–Kier alpha value is -1.48. The lowest BCUT2D eigenvalue weighted by molar-refractivity contribution is 0.0602. The summed E-state index contributed by atoms with van der Waals surface area (Å²) in [4.78, 5) is 18.2. The molecule has 1 aromatic heterocycles. The first kappa shape index (κ1) is 14.5. The van der Waals surface area contributed by atoms with Crippen molar-refractivity contribution in [3.05, 3.63) is 34.5 Å². The number of aryl methyl sites for hydroxylation is 1. The van der Waals surface area contributed by atoms with E-state index in [-0.39, 0.29) is 5.91 Å². The summed E-state index contributed by atoms with van der Waals surface area (Å²) in [6.45, 7) is 5.02. The van der Waals surface area contributed by atoms with Gasteiger partial charge in [0.2, 0.25) is 0 Å². The zero-order valence-electron chi connectivity index (χ0n) is 12.6. The smallest absolute Gasteiger partial charge is 0.270 e. The number of hydrogen-bond acceptors (Lipinski definition) is 1. The Balaban J connectivity index is 1.99. The number of aromatic amines is 1. The minimum atomic E-state index is 0.131. The number of carbonyl (C=O) groups excluding carboxylic acids is 1. The molecule has 1 saturated heterocycles. The highest BCUT2D eigenvalue weighted by molar-refractivity contribution is 6.31. The van der Waals surface area contributed by atoms with Crippen molar-refractivity contribution in [1.82, 2.24) is 9.88 Å². The number of rotatable bonds is 2. The number of nitrogens with zero attached hydrogens (tertiary/aromatic N) is 1. The SMILES string of the molecule is CCC1CCCCN1C(=O)c1[nH]c2ccc(Cl)cc2c1C. The molecule has 21 heavy (non-hydrogen) atoms. The normalized spacial score (nSPS) is 19.2. The van der Waals surface area contributed by atoms with E-state index in [2.05, 4.69) is 11.9 Å². The summed E-state index contributed by atoms with van der Waals surface area (Å²) >= 11 is 6.06. The maximum Gasteiger partial charge on any atom is 0.270 e. The summed E-state index contributed by atoms with van der Waals surface area (Å²) in [6, 6.07) is 6.09. The summed E-state index contributed by atoms with van der Waals surface area (Å²) in [5.41, 5.74) is 2.69. The van der Waals surface area contributed by atoms with Crippen LogP contribution in [0.4, 0.5) is 0 Å². The Morgan fingerprint density at radius 1 is 1.43 bits per heavy atom. The second-order valence-corrected chi connectivity index (χ2v) is 6.31. The molecular formula is C17H21ClN2O. The molecule has 1 N–H and O–H groups in total. The number of benzene rings is 1. The van der Waals surface area contributed by atoms with Crippen LogP contribution in [0.3, 0.4) is 0 Å². The molecule has 0 spiro atoms. The topological polar surface area (TPSA) is 36.1 Å². The number of H-pyrrole nitrogens is 1. The molecule has 3 rings (SSSR count). The van der Waals surface area contributed by atoms with E-state index in [1.54, 1.807) is 0 Å². The molecule has 3 nitrogen and oxygen atoms in total. The van der Waals surface area contributed by atoms with E-state index in [0.29, 0.717) is 16.8 Å². The van der Waals surface area contributed by atoms with Crippen LogP contribution in [0, 0.1) is 6.92 Å². The molecule has 0 bridgehead atoms. The lowest BCUT2D eigenvalue weighted by Gasteiger charge is -2.35. The third-order valence-corrected chi connectivity index (χ3v) is 4.83. The lowest BCUT2D eigenvalue weighted by atomic mass is 9.99. The van der Waals surface area contributed by atoms with Gasteiger partial charge in [0.25, 0.3) is 5.91 Å². The molecule has 0 saturated carbocycles. The van der Waals surface area contributed by atoms with E-state index in [0.717, 1.165) is 42.3 Å². The van der Waals surface area contributed by atoms with E-state index in [1.165, 1.54) is 6.42 Å². The fourth-order valence-electron chi connectivity index (χ4n) is 3.35. The number of nitrogens with one attached hydrogen (secondary N) is 1. The van der Waals surface area contributed by atoms with E-state index in [9.17, 15) is 4.79 Å². The fraction of sp³-hybridized carbons (Fsp3) is 0.471. The van der Waals surface area contributed by atoms with Crippen LogP contribution < -0.4 is 0 Å². The average Bonchev–Trinajstić information content (AvgIpc) is 2.83. The van der Waals surface area contributed by atoms with Crippen LogP contribution >= 0.6 is 11.6 Å². The van der Waals surface area contributed by atoms with Gasteiger partial charge in [0.1, 0.15) is 5.69 Å². The second kappa shape index (κ2) is 5.72. The Labute approximate surface area is 130 Å². The van der Waals surface area contributed by atoms with Crippen molar-refractivity contribution in [2.75, 3.05) is 6.54 Å². The first-order valence-corrected chi connectivity index (χ1v) is 8.08. The highest BCUT2D eigenvalue weighted by Crippen LogP contribution is 2.28. The molecule has 1 aliphatic heterocycles. The van der Waals surface area contributed by atoms with Gasteiger partial charge in [0.15, 0.2) is 0 Å². The predicted molar refractivity (Wildman–Crippen MR) is 87.0 cm³/mol. The molecule has 1 fully saturated rings. The molecule has 1 aliphatic rings. The number of likely N-dealkylation sites (tertiary alicyclic amines) is 1. The number of halogens is 1. The van der Waals surface area contributed by atoms with Crippen molar-refractivity contribution in [2.45, 2.75) is 45.6 Å². The Kier molecular flexibility index (Phi) is 3.94. The Morgan fingerprint density at radius 2 is 2.24 bits per heavy atom. The maximum atomic E-state index is 12.9. The van der Waals surface area contributed by atoms with E-state index < -0.39 is 0 Å². The fourth-order valence-corrected chi connectivity index (χ4v) is 3.52. The molecule has 2 heterocycles. The van der Waals surface area contributed by atoms with Crippen LogP contribution in [0.15, 0.2) is 18.2 Å². The van der Waals surface area contributed by atoms with Gasteiger partial charge in [0, 0.05) is 28.5 Å². The Morgan fingerprint density at radius 3 is 3.00 bits per heavy atom. The van der Waals surface area contributed by atoms with Crippen molar-refractivity contribution in [2.24, 2.45) is 0 Å². The van der Waals surface area contributed by atoms with E-state index >= 15 is 0 Å². The summed E-state index contributed by atoms with van der Waals surface area (Å²) in [6.07, 6.45) is 4.47. The zero-order valence-corrected chi connectivity index (χ0v) is 13.3. The monoisotopic (exact) mass is 304 g/mol. The number of amides is 1. The van der Waals surface area contributed by atoms with Gasteiger partial charge in [-0.1, -0.05) is 18.5 Å². The number of piperidine rings is 1. The summed E-state index contributed by atoms with van der Waals surface area (Å²) in [5, 5.41) is 1.74. The lowest BCUT2D eigenvalue weighted by Crippen LogP contribution is -2.43. The maximum absolute atomic E-state index is 12.9. The van der Waals surface area contributed by atoms with E-state index in [4.69, 9.17) is 11.6 Å². The summed E-state index contributed by atoms with van der Waals surface area (Å²) in [7, 11) is 0. The third kappa shape index (κ3) is 2.55. The van der Waals surface area contributed by atoms with Gasteiger partial charge in [-0.15, -0.1) is 0 Å². The van der Waals surface area contributed by atoms with Crippen LogP contribution in [0.5, 0.6) is 0 Å². The molecular weight excluding hydrogens is 284 g/mol. The van der Waals surface area contributed by atoms with Crippen molar-refractivity contribution in [3.63, 3.8) is 0 Å². The van der Waals surface area contributed by atoms with Crippen LogP contribution in [0.1, 0.15) is 48.7 Å². The number of aromatic nitrogens is 1. The molecule has 0 radical (unpaired) electrons. The molecule has 1 aromatic carbocycles. The highest BCUT2D eigenvalue weighted by atomic mass is 35.5. The number of carbonyl (C=O) groups is 1. The number of fused-ring (bicyclic) bond motifs is 1. The highest BCUT2D eigenvalue weighted by Gasteiger charge is 2.28. The minimum Gasteiger partial charge on any atom is -0.350 e. The van der Waals surface area contributed by atoms with Gasteiger partial charge >= 0.3 is 0 Å². The van der Waals surface area contributed by atoms with Crippen LogP contribution in [-0.2, 0) is 0 Å². The van der Waals surface area contributed by atoms with Gasteiger partial charge < -0.3 is 9.88 Å². The Bertz CT molecular complexity index is 677. The van der Waals surface area contributed by atoms with E-state index in [1.807, 2.05) is 30.0 Å². The van der Waals surface area contributed by atoms with Crippen molar-refractivity contribution < 1.29 is 4.79 Å². The molecule has 112 valence electrons. The van der Waals surface area contributed by atoms with Gasteiger partial charge in [-0.05, 0) is 56.4 Å². The standard InChI is InChI=1S/C17H21ClN2O/c1-3-13-6-4-5-9-20(13)17(21)16-11(2)14-10-12(18)7-8-15(14)19-16/h7-8,10,13,19H,3-6,9H2,1-2H3. The molecule has 4 heteroatoms. The molecule has 2 aromatic rings. The minimum absolute atomic E-state index is 0.131. The predicted octanol–water partition coefficient (Wildman–Crippen LogP) is 4.53. The second-order valence-electron chi connectivity index (χ2n) is 5.87. The molecule has 1 unspecified atom stereocenters.